The molecule has 0 amide bonds. The zero-order valence-corrected chi connectivity index (χ0v) is 18.0. The third kappa shape index (κ3) is 1.92. The van der Waals surface area contributed by atoms with E-state index < -0.39 is 0 Å². The summed E-state index contributed by atoms with van der Waals surface area (Å²) < 4.78 is 0. The lowest BCUT2D eigenvalue weighted by atomic mass is 9.40. The largest absolute Gasteiger partial charge is 0.295 e. The minimum absolute atomic E-state index is 0.126. The first-order valence-corrected chi connectivity index (χ1v) is 11.5. The van der Waals surface area contributed by atoms with Crippen molar-refractivity contribution in [3.8, 4) is 6.07 Å². The third-order valence-corrected chi connectivity index (χ3v) is 10.8. The molecule has 0 unspecified atom stereocenters. The van der Waals surface area contributed by atoms with Gasteiger partial charge in [0.2, 0.25) is 0 Å². The Bertz CT molecular complexity index is 819. The molecule has 0 aromatic carbocycles. The lowest BCUT2D eigenvalue weighted by Gasteiger charge is -2.63. The molecule has 5 aliphatic carbocycles. The Morgan fingerprint density at radius 1 is 1.29 bits per heavy atom. The maximum absolute atomic E-state index is 12.2. The quantitative estimate of drug-likeness (QED) is 0.558. The molecular formula is C26H35NO. The van der Waals surface area contributed by atoms with Gasteiger partial charge in [0.1, 0.15) is 0 Å². The van der Waals surface area contributed by atoms with Gasteiger partial charge in [-0.2, -0.15) is 5.26 Å². The number of allylic oxidation sites excluding steroid dienone is 2. The van der Waals surface area contributed by atoms with Gasteiger partial charge in [-0.15, -0.1) is 6.58 Å². The molecule has 5 rings (SSSR count). The second kappa shape index (κ2) is 5.62. The van der Waals surface area contributed by atoms with Gasteiger partial charge < -0.3 is 0 Å². The average molecular weight is 378 g/mol. The molecule has 0 aliphatic heterocycles. The number of hydrogen-bond donors (Lipinski definition) is 0. The van der Waals surface area contributed by atoms with Crippen LogP contribution >= 0.6 is 0 Å². The lowest BCUT2D eigenvalue weighted by molar-refractivity contribution is -0.125. The maximum atomic E-state index is 12.2. The molecule has 2 heteroatoms. The van der Waals surface area contributed by atoms with Crippen LogP contribution in [0.25, 0.3) is 0 Å². The molecule has 4 fully saturated rings. The summed E-state index contributed by atoms with van der Waals surface area (Å²) in [5.41, 5.74) is 1.56. The van der Waals surface area contributed by atoms with E-state index in [1.54, 1.807) is 0 Å². The monoisotopic (exact) mass is 377 g/mol. The van der Waals surface area contributed by atoms with Crippen LogP contribution in [-0.4, -0.2) is 5.78 Å². The minimum atomic E-state index is -0.197. The Balaban J connectivity index is 1.62. The highest BCUT2D eigenvalue weighted by Gasteiger charge is 2.77. The van der Waals surface area contributed by atoms with Crippen molar-refractivity contribution < 1.29 is 4.79 Å². The molecule has 0 aromatic heterocycles. The van der Waals surface area contributed by atoms with Gasteiger partial charge in [0.25, 0.3) is 0 Å². The topological polar surface area (TPSA) is 40.9 Å². The first-order chi connectivity index (χ1) is 13.2. The summed E-state index contributed by atoms with van der Waals surface area (Å²) >= 11 is 0. The van der Waals surface area contributed by atoms with E-state index in [-0.39, 0.29) is 16.2 Å². The Morgan fingerprint density at radius 3 is 2.71 bits per heavy atom. The number of hydrogen-bond acceptors (Lipinski definition) is 2. The van der Waals surface area contributed by atoms with E-state index >= 15 is 0 Å². The average Bonchev–Trinajstić information content (AvgIpc) is 3.42. The third-order valence-electron chi connectivity index (χ3n) is 10.8. The first kappa shape index (κ1) is 18.7. The van der Waals surface area contributed by atoms with E-state index in [4.69, 9.17) is 0 Å². The van der Waals surface area contributed by atoms with Crippen LogP contribution in [-0.2, 0) is 4.79 Å². The molecule has 0 bridgehead atoms. The molecule has 28 heavy (non-hydrogen) atoms. The normalized spacial score (nSPS) is 56.5. The molecule has 0 saturated heterocycles. The van der Waals surface area contributed by atoms with Gasteiger partial charge in [-0.1, -0.05) is 39.3 Å². The van der Waals surface area contributed by atoms with Gasteiger partial charge in [0.15, 0.2) is 5.78 Å². The molecular weight excluding hydrogens is 342 g/mol. The maximum Gasteiger partial charge on any atom is 0.155 e. The summed E-state index contributed by atoms with van der Waals surface area (Å²) in [5, 5.41) is 10.4. The van der Waals surface area contributed by atoms with Crippen LogP contribution in [0, 0.1) is 69.0 Å². The molecule has 0 aromatic rings. The lowest BCUT2D eigenvalue weighted by Crippen LogP contribution is -2.57. The summed E-state index contributed by atoms with van der Waals surface area (Å²) in [6.45, 7) is 13.8. The van der Waals surface area contributed by atoms with Crippen LogP contribution in [0.2, 0.25) is 0 Å². The van der Waals surface area contributed by atoms with Crippen LogP contribution in [0.5, 0.6) is 0 Å². The van der Waals surface area contributed by atoms with Crippen molar-refractivity contribution in [2.45, 2.75) is 66.2 Å². The standard InChI is InChI=1S/C26H35NO/c1-6-9-26(14-27)21-13-18(21)23-22-16(3)15(2)20-12-17(28)7-10-24(20,4)19(22)8-11-25(23,26)5/h6,12,15-16,18-19,21-23H,1,7-11,13H2,2-5H3/t15-,16+,18-,19+,21+,22-,23+,24-,25+,26+/m1/s1. The van der Waals surface area contributed by atoms with E-state index in [9.17, 15) is 10.1 Å². The summed E-state index contributed by atoms with van der Waals surface area (Å²) in [4.78, 5) is 12.2. The predicted molar refractivity (Wildman–Crippen MR) is 111 cm³/mol. The summed E-state index contributed by atoms with van der Waals surface area (Å²) in [7, 11) is 0. The molecule has 10 atom stereocenters. The molecule has 150 valence electrons. The van der Waals surface area contributed by atoms with Gasteiger partial charge in [-0.25, -0.2) is 0 Å². The number of carbonyl (C=O) groups excluding carboxylic acids is 1. The van der Waals surface area contributed by atoms with Crippen molar-refractivity contribution in [1.29, 1.82) is 5.26 Å². The summed E-state index contributed by atoms with van der Waals surface area (Å²) in [6.07, 6.45) is 10.3. The molecule has 2 nitrogen and oxygen atoms in total. The fourth-order valence-electron chi connectivity index (χ4n) is 9.28. The zero-order valence-electron chi connectivity index (χ0n) is 18.0. The molecule has 5 aliphatic rings. The van der Waals surface area contributed by atoms with Gasteiger partial charge in [0, 0.05) is 6.42 Å². The Kier molecular flexibility index (Phi) is 3.74. The molecule has 0 N–H and O–H groups in total. The highest BCUT2D eigenvalue weighted by molar-refractivity contribution is 5.91. The number of carbonyl (C=O) groups is 1. The zero-order chi connectivity index (χ0) is 20.1. The molecule has 0 radical (unpaired) electrons. The van der Waals surface area contributed by atoms with Gasteiger partial charge >= 0.3 is 0 Å². The van der Waals surface area contributed by atoms with E-state index in [2.05, 4.69) is 40.3 Å². The van der Waals surface area contributed by atoms with Crippen molar-refractivity contribution >= 4 is 5.78 Å². The van der Waals surface area contributed by atoms with Crippen molar-refractivity contribution in [1.82, 2.24) is 0 Å². The second-order valence-corrected chi connectivity index (χ2v) is 11.4. The minimum Gasteiger partial charge on any atom is -0.295 e. The SMILES string of the molecule is C=CC[C@]1(C#N)[C@H]2C[C@H]2[C@H]2[C@@H]3[C@@H](C)[C@@H](C)C4=CC(=O)CC[C@]4(C)[C@H]3CC[C@@]21C. The fraction of sp³-hybridized carbons (Fsp3) is 0.769. The Hall–Kier alpha value is -1.36. The van der Waals surface area contributed by atoms with Crippen molar-refractivity contribution in [3.63, 3.8) is 0 Å². The van der Waals surface area contributed by atoms with Crippen LogP contribution in [0.15, 0.2) is 24.3 Å². The van der Waals surface area contributed by atoms with Crippen molar-refractivity contribution in [2.75, 3.05) is 0 Å². The van der Waals surface area contributed by atoms with Crippen LogP contribution < -0.4 is 0 Å². The van der Waals surface area contributed by atoms with Gasteiger partial charge in [0.05, 0.1) is 11.5 Å². The van der Waals surface area contributed by atoms with Crippen molar-refractivity contribution in [2.24, 2.45) is 57.7 Å². The number of ketones is 1. The van der Waals surface area contributed by atoms with Crippen LogP contribution in [0.1, 0.15) is 66.2 Å². The molecule has 0 spiro atoms. The second-order valence-electron chi connectivity index (χ2n) is 11.4. The summed E-state index contributed by atoms with van der Waals surface area (Å²) in [5.74, 6) is 4.78. The van der Waals surface area contributed by atoms with Gasteiger partial charge in [-0.05, 0) is 90.4 Å². The number of nitrogens with zero attached hydrogens (tertiary/aromatic N) is 1. The molecule has 4 saturated carbocycles. The van der Waals surface area contributed by atoms with Crippen LogP contribution in [0.3, 0.4) is 0 Å². The Morgan fingerprint density at radius 2 is 2.04 bits per heavy atom. The van der Waals surface area contributed by atoms with E-state index in [0.29, 0.717) is 41.3 Å². The highest BCUT2D eigenvalue weighted by Crippen LogP contribution is 2.81. The smallest absolute Gasteiger partial charge is 0.155 e. The van der Waals surface area contributed by atoms with Crippen LogP contribution in [0.4, 0.5) is 0 Å². The summed E-state index contributed by atoms with van der Waals surface area (Å²) in [6, 6.07) is 2.88. The van der Waals surface area contributed by atoms with E-state index in [0.717, 1.165) is 25.2 Å². The van der Waals surface area contributed by atoms with E-state index in [1.165, 1.54) is 24.8 Å². The number of fused-ring (bicyclic) bond motifs is 7. The number of nitriles is 1. The first-order valence-electron chi connectivity index (χ1n) is 11.5. The van der Waals surface area contributed by atoms with E-state index in [1.807, 2.05) is 12.2 Å². The number of rotatable bonds is 2. The fourth-order valence-corrected chi connectivity index (χ4v) is 9.28. The Labute approximate surface area is 170 Å². The predicted octanol–water partition coefficient (Wildman–Crippen LogP) is 5.95. The van der Waals surface area contributed by atoms with Gasteiger partial charge in [-0.3, -0.25) is 4.79 Å². The van der Waals surface area contributed by atoms with Crippen molar-refractivity contribution in [3.05, 3.63) is 24.3 Å². The highest BCUT2D eigenvalue weighted by atomic mass is 16.1. The molecule has 0 heterocycles.